The van der Waals surface area contributed by atoms with E-state index < -0.39 is 6.09 Å². The molecule has 0 heterocycles. The van der Waals surface area contributed by atoms with Gasteiger partial charge < -0.3 is 15.2 Å². The molecule has 4 nitrogen and oxygen atoms in total. The van der Waals surface area contributed by atoms with Gasteiger partial charge in [0.1, 0.15) is 6.61 Å². The predicted octanol–water partition coefficient (Wildman–Crippen LogP) is 3.93. The fourth-order valence-electron chi connectivity index (χ4n) is 3.44. The molecule has 2 aromatic rings. The van der Waals surface area contributed by atoms with Gasteiger partial charge in [-0.25, -0.2) is 4.79 Å². The molecule has 4 heteroatoms. The second-order valence-corrected chi connectivity index (χ2v) is 6.64. The highest BCUT2D eigenvalue weighted by molar-refractivity contribution is 5.79. The average Bonchev–Trinajstić information content (AvgIpc) is 2.98. The Morgan fingerprint density at radius 2 is 1.68 bits per heavy atom. The van der Waals surface area contributed by atoms with Crippen molar-refractivity contribution in [1.82, 2.24) is 5.32 Å². The smallest absolute Gasteiger partial charge is 0.407 e. The summed E-state index contributed by atoms with van der Waals surface area (Å²) in [6, 6.07) is 16.2. The Labute approximate surface area is 148 Å². The van der Waals surface area contributed by atoms with E-state index in [-0.39, 0.29) is 24.5 Å². The highest BCUT2D eigenvalue weighted by atomic mass is 16.5. The number of alkyl carbamates (subject to hydrolysis) is 1. The van der Waals surface area contributed by atoms with E-state index in [9.17, 15) is 9.90 Å². The van der Waals surface area contributed by atoms with Gasteiger partial charge >= 0.3 is 6.09 Å². The number of aliphatic hydroxyl groups is 1. The number of benzene rings is 2. The van der Waals surface area contributed by atoms with Crippen LogP contribution in [0.25, 0.3) is 11.1 Å². The van der Waals surface area contributed by atoms with Crippen molar-refractivity contribution in [2.45, 2.75) is 32.2 Å². The fourth-order valence-corrected chi connectivity index (χ4v) is 3.44. The number of fused-ring (bicyclic) bond motifs is 3. The van der Waals surface area contributed by atoms with Crippen molar-refractivity contribution in [2.75, 3.05) is 13.2 Å². The lowest BCUT2D eigenvalue weighted by molar-refractivity contribution is 0.124. The molecule has 132 valence electrons. The number of carbonyl (C=O) groups excluding carboxylic acids is 1. The van der Waals surface area contributed by atoms with E-state index in [0.717, 1.165) is 6.42 Å². The number of aliphatic hydroxyl groups excluding tert-OH is 1. The molecule has 2 aromatic carbocycles. The van der Waals surface area contributed by atoms with Gasteiger partial charge in [0.25, 0.3) is 0 Å². The molecule has 2 atom stereocenters. The number of rotatable bonds is 6. The molecule has 0 fully saturated rings. The van der Waals surface area contributed by atoms with E-state index in [2.05, 4.69) is 29.6 Å². The standard InChI is InChI=1S/C21H25NO3/c1-3-14(2)20(12-23)22-21(24)25-13-19-17-10-6-4-8-15(17)16-9-5-7-11-18(16)19/h4-11,14,19-20,23H,3,12-13H2,1-2H3,(H,22,24)/t14-,20+/m1/s1. The van der Waals surface area contributed by atoms with Crippen LogP contribution < -0.4 is 5.32 Å². The minimum atomic E-state index is -0.471. The van der Waals surface area contributed by atoms with Crippen LogP contribution in [0.2, 0.25) is 0 Å². The minimum Gasteiger partial charge on any atom is -0.449 e. The van der Waals surface area contributed by atoms with Crippen molar-refractivity contribution in [3.63, 3.8) is 0 Å². The van der Waals surface area contributed by atoms with Crippen LogP contribution in [0.1, 0.15) is 37.3 Å². The number of hydrogen-bond donors (Lipinski definition) is 2. The summed E-state index contributed by atoms with van der Waals surface area (Å²) in [7, 11) is 0. The molecule has 0 aliphatic heterocycles. The van der Waals surface area contributed by atoms with Crippen molar-refractivity contribution in [1.29, 1.82) is 0 Å². The van der Waals surface area contributed by atoms with Crippen LogP contribution in [0.15, 0.2) is 48.5 Å². The highest BCUT2D eigenvalue weighted by Crippen LogP contribution is 2.44. The van der Waals surface area contributed by atoms with E-state index in [1.165, 1.54) is 22.3 Å². The summed E-state index contributed by atoms with van der Waals surface area (Å²) >= 11 is 0. The first-order chi connectivity index (χ1) is 12.2. The Bertz CT molecular complexity index is 698. The van der Waals surface area contributed by atoms with Crippen LogP contribution in [0.4, 0.5) is 4.79 Å². The Hall–Kier alpha value is -2.33. The summed E-state index contributed by atoms with van der Waals surface area (Å²) in [6.07, 6.45) is 0.413. The molecule has 25 heavy (non-hydrogen) atoms. The van der Waals surface area contributed by atoms with Gasteiger partial charge in [-0.1, -0.05) is 68.8 Å². The van der Waals surface area contributed by atoms with Crippen LogP contribution in [-0.2, 0) is 4.74 Å². The van der Waals surface area contributed by atoms with Crippen LogP contribution in [0.3, 0.4) is 0 Å². The molecule has 1 aliphatic rings. The van der Waals surface area contributed by atoms with Crippen molar-refractivity contribution in [2.24, 2.45) is 5.92 Å². The normalized spacial score (nSPS) is 15.2. The zero-order valence-corrected chi connectivity index (χ0v) is 14.7. The van der Waals surface area contributed by atoms with Gasteiger partial charge in [-0.05, 0) is 28.2 Å². The van der Waals surface area contributed by atoms with Gasteiger partial charge in [0.2, 0.25) is 0 Å². The molecule has 1 amide bonds. The average molecular weight is 339 g/mol. The van der Waals surface area contributed by atoms with Crippen LogP contribution in [0, 0.1) is 5.92 Å². The molecule has 0 radical (unpaired) electrons. The lowest BCUT2D eigenvalue weighted by atomic mass is 9.98. The van der Waals surface area contributed by atoms with Crippen LogP contribution in [-0.4, -0.2) is 30.5 Å². The Morgan fingerprint density at radius 1 is 1.12 bits per heavy atom. The molecule has 0 unspecified atom stereocenters. The number of carbonyl (C=O) groups is 1. The van der Waals surface area contributed by atoms with E-state index in [0.29, 0.717) is 6.61 Å². The number of nitrogens with one attached hydrogen (secondary N) is 1. The molecule has 0 saturated heterocycles. The molecule has 1 aliphatic carbocycles. The third-order valence-electron chi connectivity index (χ3n) is 5.17. The first-order valence-electron chi connectivity index (χ1n) is 8.88. The maximum absolute atomic E-state index is 12.2. The lowest BCUT2D eigenvalue weighted by Gasteiger charge is -2.22. The summed E-state index contributed by atoms with van der Waals surface area (Å²) in [6.45, 7) is 4.25. The maximum atomic E-state index is 12.2. The summed E-state index contributed by atoms with van der Waals surface area (Å²) in [5.74, 6) is 0.250. The Kier molecular flexibility index (Phi) is 5.39. The van der Waals surface area contributed by atoms with Gasteiger partial charge in [0, 0.05) is 5.92 Å². The predicted molar refractivity (Wildman–Crippen MR) is 98.5 cm³/mol. The molecule has 0 spiro atoms. The molecule has 0 bridgehead atoms. The van der Waals surface area contributed by atoms with E-state index >= 15 is 0 Å². The van der Waals surface area contributed by atoms with Crippen LogP contribution >= 0.6 is 0 Å². The third kappa shape index (κ3) is 3.54. The number of amides is 1. The Morgan fingerprint density at radius 3 is 2.20 bits per heavy atom. The van der Waals surface area contributed by atoms with Crippen molar-refractivity contribution < 1.29 is 14.6 Å². The SMILES string of the molecule is CC[C@@H](C)[C@H](CO)NC(=O)OCC1c2ccccc2-c2ccccc21. The molecular weight excluding hydrogens is 314 g/mol. The molecular formula is C21H25NO3. The van der Waals surface area contributed by atoms with Crippen molar-refractivity contribution in [3.8, 4) is 11.1 Å². The molecule has 0 saturated carbocycles. The van der Waals surface area contributed by atoms with Crippen molar-refractivity contribution in [3.05, 3.63) is 59.7 Å². The number of ether oxygens (including phenoxy) is 1. The maximum Gasteiger partial charge on any atom is 0.407 e. The fraction of sp³-hybridized carbons (Fsp3) is 0.381. The molecule has 3 rings (SSSR count). The zero-order chi connectivity index (χ0) is 17.8. The van der Waals surface area contributed by atoms with Crippen LogP contribution in [0.5, 0.6) is 0 Å². The molecule has 0 aromatic heterocycles. The second kappa shape index (κ2) is 7.70. The van der Waals surface area contributed by atoms with E-state index in [1.54, 1.807) is 0 Å². The minimum absolute atomic E-state index is 0.0503. The second-order valence-electron chi connectivity index (χ2n) is 6.64. The highest BCUT2D eigenvalue weighted by Gasteiger charge is 2.29. The van der Waals surface area contributed by atoms with Gasteiger partial charge in [0.05, 0.1) is 12.6 Å². The van der Waals surface area contributed by atoms with Gasteiger partial charge in [-0.15, -0.1) is 0 Å². The third-order valence-corrected chi connectivity index (χ3v) is 5.17. The summed E-state index contributed by atoms with van der Waals surface area (Å²) in [4.78, 5) is 12.2. The van der Waals surface area contributed by atoms with E-state index in [1.807, 2.05) is 38.1 Å². The van der Waals surface area contributed by atoms with Gasteiger partial charge in [-0.2, -0.15) is 0 Å². The van der Waals surface area contributed by atoms with Gasteiger partial charge in [0.15, 0.2) is 0 Å². The first-order valence-corrected chi connectivity index (χ1v) is 8.88. The number of hydrogen-bond acceptors (Lipinski definition) is 3. The monoisotopic (exact) mass is 339 g/mol. The molecule has 2 N–H and O–H groups in total. The largest absolute Gasteiger partial charge is 0.449 e. The van der Waals surface area contributed by atoms with Crippen molar-refractivity contribution >= 4 is 6.09 Å². The van der Waals surface area contributed by atoms with E-state index in [4.69, 9.17) is 4.74 Å². The Balaban J connectivity index is 1.70. The summed E-state index contributed by atoms with van der Waals surface area (Å²) in [5, 5.41) is 12.2. The zero-order valence-electron chi connectivity index (χ0n) is 14.7. The summed E-state index contributed by atoms with van der Waals surface area (Å²) < 4.78 is 5.51. The lowest BCUT2D eigenvalue weighted by Crippen LogP contribution is -2.42. The first kappa shape index (κ1) is 17.5. The quantitative estimate of drug-likeness (QED) is 0.838. The topological polar surface area (TPSA) is 58.6 Å². The summed E-state index contributed by atoms with van der Waals surface area (Å²) in [5.41, 5.74) is 4.80. The van der Waals surface area contributed by atoms with Gasteiger partial charge in [-0.3, -0.25) is 0 Å².